The van der Waals surface area contributed by atoms with Gasteiger partial charge in [-0.2, -0.15) is 0 Å². The van der Waals surface area contributed by atoms with Crippen molar-refractivity contribution < 1.29 is 27.8 Å². The van der Waals surface area contributed by atoms with E-state index in [1.807, 2.05) is 0 Å². The van der Waals surface area contributed by atoms with Gasteiger partial charge in [0.05, 0.1) is 24.5 Å². The Morgan fingerprint density at radius 1 is 1.29 bits per heavy atom. The Morgan fingerprint density at radius 2 is 1.96 bits per heavy atom. The van der Waals surface area contributed by atoms with Crippen LogP contribution in [-0.2, 0) is 24.3 Å². The maximum atomic E-state index is 12.7. The first-order valence-electron chi connectivity index (χ1n) is 7.33. The van der Waals surface area contributed by atoms with Crippen LogP contribution < -0.4 is 4.72 Å². The molecule has 1 aliphatic carbocycles. The molecule has 1 aliphatic heterocycles. The van der Waals surface area contributed by atoms with E-state index in [2.05, 4.69) is 20.7 Å². The Kier molecular flexibility index (Phi) is 4.69. The molecule has 0 bridgehead atoms. The van der Waals surface area contributed by atoms with Gasteiger partial charge in [-0.3, -0.25) is 4.72 Å². The van der Waals surface area contributed by atoms with E-state index in [1.54, 1.807) is 24.3 Å². The highest BCUT2D eigenvalue weighted by molar-refractivity contribution is 9.10. The van der Waals surface area contributed by atoms with E-state index in [1.165, 1.54) is 6.08 Å². The SMILES string of the molecule is O=C(O)C1=CC2(CCC1S(=O)(=O)Nc1ccccc1Br)OCCO2. The minimum Gasteiger partial charge on any atom is -0.478 e. The highest BCUT2D eigenvalue weighted by atomic mass is 79.9. The number of hydrogen-bond donors (Lipinski definition) is 2. The minimum absolute atomic E-state index is 0.0952. The average molecular weight is 418 g/mol. The van der Waals surface area contributed by atoms with Crippen LogP contribution in [0.25, 0.3) is 0 Å². The monoisotopic (exact) mass is 417 g/mol. The van der Waals surface area contributed by atoms with Crippen molar-refractivity contribution in [3.05, 3.63) is 40.4 Å². The Bertz CT molecular complexity index is 785. The molecule has 0 amide bonds. The summed E-state index contributed by atoms with van der Waals surface area (Å²) < 4.78 is 39.4. The van der Waals surface area contributed by atoms with Gasteiger partial charge in [-0.15, -0.1) is 0 Å². The van der Waals surface area contributed by atoms with Crippen molar-refractivity contribution in [1.82, 2.24) is 0 Å². The van der Waals surface area contributed by atoms with E-state index in [4.69, 9.17) is 9.47 Å². The van der Waals surface area contributed by atoms with Crippen LogP contribution in [0.5, 0.6) is 0 Å². The lowest BCUT2D eigenvalue weighted by atomic mass is 9.94. The predicted octanol–water partition coefficient (Wildman–Crippen LogP) is 2.11. The molecule has 1 aromatic rings. The van der Waals surface area contributed by atoms with Gasteiger partial charge < -0.3 is 14.6 Å². The van der Waals surface area contributed by atoms with Gasteiger partial charge in [-0.1, -0.05) is 12.1 Å². The second-order valence-corrected chi connectivity index (χ2v) is 8.29. The molecule has 1 fully saturated rings. The van der Waals surface area contributed by atoms with Gasteiger partial charge in [0.25, 0.3) is 0 Å². The van der Waals surface area contributed by atoms with Crippen molar-refractivity contribution in [3.8, 4) is 0 Å². The Morgan fingerprint density at radius 3 is 2.58 bits per heavy atom. The third kappa shape index (κ3) is 3.34. The summed E-state index contributed by atoms with van der Waals surface area (Å²) in [5, 5.41) is 8.28. The Labute approximate surface area is 147 Å². The number of halogens is 1. The first-order chi connectivity index (χ1) is 11.3. The van der Waals surface area contributed by atoms with E-state index in [0.717, 1.165) is 0 Å². The highest BCUT2D eigenvalue weighted by Gasteiger charge is 2.45. The van der Waals surface area contributed by atoms with E-state index in [-0.39, 0.29) is 18.4 Å². The van der Waals surface area contributed by atoms with Crippen molar-refractivity contribution in [2.75, 3.05) is 17.9 Å². The number of rotatable bonds is 4. The largest absolute Gasteiger partial charge is 0.478 e. The van der Waals surface area contributed by atoms with Crippen molar-refractivity contribution in [1.29, 1.82) is 0 Å². The third-order valence-corrected chi connectivity index (χ3v) is 6.44. The van der Waals surface area contributed by atoms with Crippen LogP contribution >= 0.6 is 15.9 Å². The number of hydrogen-bond acceptors (Lipinski definition) is 5. The van der Waals surface area contributed by atoms with Crippen LogP contribution in [0.4, 0.5) is 5.69 Å². The summed E-state index contributed by atoms with van der Waals surface area (Å²) in [6.45, 7) is 0.714. The van der Waals surface area contributed by atoms with E-state index < -0.39 is 27.0 Å². The molecule has 24 heavy (non-hydrogen) atoms. The van der Waals surface area contributed by atoms with Gasteiger partial charge in [0, 0.05) is 10.9 Å². The standard InChI is InChI=1S/C15H16BrNO6S/c16-11-3-1-2-4-12(11)17-24(20,21)13-5-6-15(22-7-8-23-15)9-10(13)14(18)19/h1-4,9,13,17H,5-8H2,(H,18,19). The molecule has 2 aliphatic rings. The van der Waals surface area contributed by atoms with Crippen molar-refractivity contribution >= 4 is 37.6 Å². The number of anilines is 1. The molecule has 130 valence electrons. The zero-order chi connectivity index (χ0) is 17.4. The molecule has 1 atom stereocenters. The summed E-state index contributed by atoms with van der Waals surface area (Å²) in [6, 6.07) is 6.73. The lowest BCUT2D eigenvalue weighted by molar-refractivity contribution is -0.138. The van der Waals surface area contributed by atoms with Gasteiger partial charge in [0.15, 0.2) is 5.79 Å². The molecule has 0 saturated carbocycles. The van der Waals surface area contributed by atoms with E-state index >= 15 is 0 Å². The maximum absolute atomic E-state index is 12.7. The second kappa shape index (κ2) is 6.47. The molecule has 1 aromatic carbocycles. The number of carboxylic acid groups (broad SMARTS) is 1. The third-order valence-electron chi connectivity index (χ3n) is 4.00. The van der Waals surface area contributed by atoms with Crippen molar-refractivity contribution in [2.24, 2.45) is 0 Å². The molecule has 1 spiro atoms. The number of ether oxygens (including phenoxy) is 2. The van der Waals surface area contributed by atoms with Gasteiger partial charge in [-0.25, -0.2) is 13.2 Å². The molecule has 0 aromatic heterocycles. The topological polar surface area (TPSA) is 102 Å². The summed E-state index contributed by atoms with van der Waals surface area (Å²) in [6.07, 6.45) is 1.67. The molecule has 3 rings (SSSR count). The minimum atomic E-state index is -3.94. The smallest absolute Gasteiger partial charge is 0.332 e. The first-order valence-corrected chi connectivity index (χ1v) is 9.67. The molecule has 1 heterocycles. The average Bonchev–Trinajstić information content (AvgIpc) is 2.97. The number of carboxylic acids is 1. The van der Waals surface area contributed by atoms with Crippen LogP contribution in [0.1, 0.15) is 12.8 Å². The van der Waals surface area contributed by atoms with Crippen LogP contribution in [0.3, 0.4) is 0 Å². The van der Waals surface area contributed by atoms with Gasteiger partial charge in [0.2, 0.25) is 10.0 Å². The molecular weight excluding hydrogens is 402 g/mol. The second-order valence-electron chi connectivity index (χ2n) is 5.57. The number of sulfonamides is 1. The van der Waals surface area contributed by atoms with E-state index in [9.17, 15) is 18.3 Å². The summed E-state index contributed by atoms with van der Waals surface area (Å²) in [4.78, 5) is 11.6. The first kappa shape index (κ1) is 17.4. The van der Waals surface area contributed by atoms with Crippen molar-refractivity contribution in [2.45, 2.75) is 23.9 Å². The van der Waals surface area contributed by atoms with Crippen LogP contribution in [0, 0.1) is 0 Å². The maximum Gasteiger partial charge on any atom is 0.332 e. The summed E-state index contributed by atoms with van der Waals surface area (Å²) >= 11 is 3.27. The zero-order valence-corrected chi connectivity index (χ0v) is 15.0. The summed E-state index contributed by atoms with van der Waals surface area (Å²) in [7, 11) is -3.94. The van der Waals surface area contributed by atoms with Crippen molar-refractivity contribution in [3.63, 3.8) is 0 Å². The molecule has 2 N–H and O–H groups in total. The highest BCUT2D eigenvalue weighted by Crippen LogP contribution is 2.37. The quantitative estimate of drug-likeness (QED) is 0.777. The number of para-hydroxylation sites is 1. The molecular formula is C15H16BrNO6S. The van der Waals surface area contributed by atoms with Gasteiger partial charge >= 0.3 is 5.97 Å². The molecule has 9 heteroatoms. The molecule has 7 nitrogen and oxygen atoms in total. The molecule has 1 saturated heterocycles. The number of nitrogens with one attached hydrogen (secondary N) is 1. The Balaban J connectivity index is 1.92. The number of benzene rings is 1. The Hall–Kier alpha value is -1.42. The van der Waals surface area contributed by atoms with Gasteiger partial charge in [-0.05, 0) is 40.6 Å². The van der Waals surface area contributed by atoms with E-state index in [0.29, 0.717) is 23.4 Å². The fourth-order valence-corrected chi connectivity index (χ4v) is 4.95. The number of carbonyl (C=O) groups is 1. The fourth-order valence-electron chi connectivity index (χ4n) is 2.88. The van der Waals surface area contributed by atoms with Gasteiger partial charge in [0.1, 0.15) is 5.25 Å². The lowest BCUT2D eigenvalue weighted by Gasteiger charge is -2.32. The normalized spacial score (nSPS) is 23.0. The molecule has 0 radical (unpaired) electrons. The predicted molar refractivity (Wildman–Crippen MR) is 90.1 cm³/mol. The van der Waals surface area contributed by atoms with Crippen LogP contribution in [0.2, 0.25) is 0 Å². The molecule has 1 unspecified atom stereocenters. The fraction of sp³-hybridized carbons (Fsp3) is 0.400. The number of aliphatic carboxylic acids is 1. The van der Waals surface area contributed by atoms with Crippen LogP contribution in [0.15, 0.2) is 40.4 Å². The summed E-state index contributed by atoms with van der Waals surface area (Å²) in [5.41, 5.74) is 0.124. The zero-order valence-electron chi connectivity index (χ0n) is 12.6. The lowest BCUT2D eigenvalue weighted by Crippen LogP contribution is -2.41. The summed E-state index contributed by atoms with van der Waals surface area (Å²) in [5.74, 6) is -2.41. The van der Waals surface area contributed by atoms with Crippen LogP contribution in [-0.4, -0.2) is 43.7 Å².